The van der Waals surface area contributed by atoms with Crippen LogP contribution in [0.4, 0.5) is 5.69 Å². The number of hydrogen-bond acceptors (Lipinski definition) is 6. The molecular formula is C23H28N4O4. The van der Waals surface area contributed by atoms with Gasteiger partial charge in [-0.25, -0.2) is 0 Å². The highest BCUT2D eigenvalue weighted by atomic mass is 16.2. The highest BCUT2D eigenvalue weighted by Crippen LogP contribution is 2.52. The zero-order chi connectivity index (χ0) is 21.8. The standard InChI is InChI=1S/C23H28N4O4/c1-2-26-12-23(13-26)10-14(11-23)8-9-24-16-5-3-4-15-19(16)22(31)27(21(15)30)17-6-7-18(28)25-20(17)29/h3-5,14,17,24H,2,6-13H2,1H3,(H,25,28,29). The summed E-state index contributed by atoms with van der Waals surface area (Å²) >= 11 is 0. The SMILES string of the molecule is CCN1CC2(CC(CCNc3cccc4c3C(=O)N(C3CCC(=O)NC3=O)C4=O)C2)C1. The molecule has 3 fully saturated rings. The number of piperidine rings is 1. The summed E-state index contributed by atoms with van der Waals surface area (Å²) in [7, 11) is 0. The molecule has 0 bridgehead atoms. The van der Waals surface area contributed by atoms with Crippen LogP contribution in [0.1, 0.15) is 59.7 Å². The molecule has 1 atom stereocenters. The van der Waals surface area contributed by atoms with E-state index in [-0.39, 0.29) is 18.7 Å². The van der Waals surface area contributed by atoms with E-state index in [0.29, 0.717) is 28.1 Å². The first kappa shape index (κ1) is 20.2. The summed E-state index contributed by atoms with van der Waals surface area (Å²) in [6.07, 6.45) is 3.87. The molecule has 1 aromatic carbocycles. The molecule has 1 saturated carbocycles. The van der Waals surface area contributed by atoms with Gasteiger partial charge < -0.3 is 10.2 Å². The van der Waals surface area contributed by atoms with Crippen molar-refractivity contribution in [2.45, 2.75) is 45.1 Å². The Morgan fingerprint density at radius 3 is 2.61 bits per heavy atom. The van der Waals surface area contributed by atoms with Gasteiger partial charge in [0.1, 0.15) is 6.04 Å². The second-order valence-corrected chi connectivity index (χ2v) is 9.47. The van der Waals surface area contributed by atoms with Gasteiger partial charge >= 0.3 is 0 Å². The van der Waals surface area contributed by atoms with Crippen LogP contribution in [0.15, 0.2) is 18.2 Å². The molecule has 8 nitrogen and oxygen atoms in total. The number of hydrogen-bond donors (Lipinski definition) is 2. The molecule has 2 N–H and O–H groups in total. The molecule has 5 rings (SSSR count). The van der Waals surface area contributed by atoms with Gasteiger partial charge in [0.25, 0.3) is 11.8 Å². The van der Waals surface area contributed by atoms with Gasteiger partial charge in [-0.15, -0.1) is 0 Å². The highest BCUT2D eigenvalue weighted by molar-refractivity contribution is 6.25. The first-order valence-corrected chi connectivity index (χ1v) is 11.2. The van der Waals surface area contributed by atoms with Crippen molar-refractivity contribution in [1.82, 2.24) is 15.1 Å². The van der Waals surface area contributed by atoms with E-state index in [9.17, 15) is 19.2 Å². The molecule has 1 spiro atoms. The molecule has 0 radical (unpaired) electrons. The van der Waals surface area contributed by atoms with Gasteiger partial charge in [0.15, 0.2) is 0 Å². The van der Waals surface area contributed by atoms with Crippen molar-refractivity contribution in [3.8, 4) is 0 Å². The number of nitrogens with zero attached hydrogens (tertiary/aromatic N) is 2. The van der Waals surface area contributed by atoms with Crippen LogP contribution in [0.25, 0.3) is 0 Å². The smallest absolute Gasteiger partial charge is 0.264 e. The van der Waals surface area contributed by atoms with Gasteiger partial charge in [0.05, 0.1) is 11.1 Å². The minimum atomic E-state index is -0.936. The number of imide groups is 2. The van der Waals surface area contributed by atoms with Crippen molar-refractivity contribution in [1.29, 1.82) is 0 Å². The maximum Gasteiger partial charge on any atom is 0.264 e. The predicted octanol–water partition coefficient (Wildman–Crippen LogP) is 1.62. The maximum absolute atomic E-state index is 13.1. The lowest BCUT2D eigenvalue weighted by molar-refractivity contribution is -0.136. The average molecular weight is 425 g/mol. The van der Waals surface area contributed by atoms with E-state index in [4.69, 9.17) is 0 Å². The fourth-order valence-electron chi connectivity index (χ4n) is 5.83. The molecule has 4 amide bonds. The molecule has 4 aliphatic rings. The first-order chi connectivity index (χ1) is 14.9. The van der Waals surface area contributed by atoms with Crippen LogP contribution in [-0.2, 0) is 9.59 Å². The Morgan fingerprint density at radius 1 is 1.13 bits per heavy atom. The monoisotopic (exact) mass is 424 g/mol. The quantitative estimate of drug-likeness (QED) is 0.674. The second-order valence-electron chi connectivity index (χ2n) is 9.47. The zero-order valence-corrected chi connectivity index (χ0v) is 17.8. The van der Waals surface area contributed by atoms with Gasteiger partial charge in [-0.2, -0.15) is 0 Å². The summed E-state index contributed by atoms with van der Waals surface area (Å²) in [5, 5.41) is 5.58. The van der Waals surface area contributed by atoms with Crippen molar-refractivity contribution in [3.63, 3.8) is 0 Å². The Bertz CT molecular complexity index is 960. The highest BCUT2D eigenvalue weighted by Gasteiger charge is 2.51. The number of amides is 4. The number of anilines is 1. The molecule has 1 aliphatic carbocycles. The third-order valence-corrected chi connectivity index (χ3v) is 7.34. The summed E-state index contributed by atoms with van der Waals surface area (Å²) in [5.74, 6) is -1.18. The van der Waals surface area contributed by atoms with Crippen LogP contribution < -0.4 is 10.6 Å². The van der Waals surface area contributed by atoms with E-state index in [1.165, 1.54) is 25.9 Å². The third kappa shape index (κ3) is 3.33. The third-order valence-electron chi connectivity index (χ3n) is 7.34. The van der Waals surface area contributed by atoms with Gasteiger partial charge in [-0.05, 0) is 55.7 Å². The molecule has 31 heavy (non-hydrogen) atoms. The Kier molecular flexibility index (Phi) is 4.84. The molecule has 3 heterocycles. The lowest BCUT2D eigenvalue weighted by Gasteiger charge is -2.59. The van der Waals surface area contributed by atoms with Crippen molar-refractivity contribution in [2.24, 2.45) is 11.3 Å². The summed E-state index contributed by atoms with van der Waals surface area (Å²) in [6, 6.07) is 4.25. The molecule has 2 saturated heterocycles. The summed E-state index contributed by atoms with van der Waals surface area (Å²) in [4.78, 5) is 53.2. The number of fused-ring (bicyclic) bond motifs is 1. The Labute approximate surface area is 181 Å². The molecule has 164 valence electrons. The van der Waals surface area contributed by atoms with Crippen LogP contribution in [-0.4, -0.2) is 65.6 Å². The number of carbonyl (C=O) groups is 4. The van der Waals surface area contributed by atoms with Crippen molar-refractivity contribution in [2.75, 3.05) is 31.5 Å². The maximum atomic E-state index is 13.1. The zero-order valence-electron chi connectivity index (χ0n) is 17.8. The first-order valence-electron chi connectivity index (χ1n) is 11.2. The van der Waals surface area contributed by atoms with E-state index < -0.39 is 23.8 Å². The number of benzene rings is 1. The van der Waals surface area contributed by atoms with Gasteiger partial charge in [-0.1, -0.05) is 13.0 Å². The average Bonchev–Trinajstić information content (AvgIpc) is 2.94. The Hall–Kier alpha value is -2.74. The van der Waals surface area contributed by atoms with Crippen molar-refractivity contribution >= 4 is 29.3 Å². The second kappa shape index (κ2) is 7.44. The Morgan fingerprint density at radius 2 is 1.90 bits per heavy atom. The largest absolute Gasteiger partial charge is 0.384 e. The van der Waals surface area contributed by atoms with Crippen LogP contribution in [0.3, 0.4) is 0 Å². The van der Waals surface area contributed by atoms with Crippen molar-refractivity contribution < 1.29 is 19.2 Å². The van der Waals surface area contributed by atoms with E-state index >= 15 is 0 Å². The van der Waals surface area contributed by atoms with Gasteiger partial charge in [-0.3, -0.25) is 29.4 Å². The number of likely N-dealkylation sites (tertiary alicyclic amines) is 1. The fourth-order valence-corrected chi connectivity index (χ4v) is 5.83. The lowest BCUT2D eigenvalue weighted by atomic mass is 9.57. The summed E-state index contributed by atoms with van der Waals surface area (Å²) in [6.45, 7) is 6.54. The molecule has 3 aliphatic heterocycles. The topological polar surface area (TPSA) is 98.8 Å². The van der Waals surface area contributed by atoms with Gasteiger partial charge in [0.2, 0.25) is 11.8 Å². The molecule has 0 aromatic heterocycles. The number of rotatable bonds is 6. The predicted molar refractivity (Wildman–Crippen MR) is 113 cm³/mol. The fraction of sp³-hybridized carbons (Fsp3) is 0.565. The van der Waals surface area contributed by atoms with E-state index in [2.05, 4.69) is 22.5 Å². The van der Waals surface area contributed by atoms with E-state index in [1.807, 2.05) is 6.07 Å². The Balaban J connectivity index is 1.22. The molecular weight excluding hydrogens is 396 g/mol. The van der Waals surface area contributed by atoms with Crippen LogP contribution >= 0.6 is 0 Å². The molecule has 8 heteroatoms. The van der Waals surface area contributed by atoms with E-state index in [1.54, 1.807) is 12.1 Å². The summed E-state index contributed by atoms with van der Waals surface area (Å²) in [5.41, 5.74) is 1.84. The minimum Gasteiger partial charge on any atom is -0.384 e. The summed E-state index contributed by atoms with van der Waals surface area (Å²) < 4.78 is 0. The molecule has 1 aromatic rings. The van der Waals surface area contributed by atoms with Crippen molar-refractivity contribution in [3.05, 3.63) is 29.3 Å². The normalized spacial score (nSPS) is 25.3. The minimum absolute atomic E-state index is 0.119. The number of carbonyl (C=O) groups excluding carboxylic acids is 4. The van der Waals surface area contributed by atoms with Crippen LogP contribution in [0.2, 0.25) is 0 Å². The van der Waals surface area contributed by atoms with E-state index in [0.717, 1.165) is 24.4 Å². The van der Waals surface area contributed by atoms with Gasteiger partial charge in [0, 0.05) is 31.7 Å². The molecule has 1 unspecified atom stereocenters. The lowest BCUT2D eigenvalue weighted by Crippen LogP contribution is -2.62. The van der Waals surface area contributed by atoms with Crippen LogP contribution in [0.5, 0.6) is 0 Å². The number of nitrogens with one attached hydrogen (secondary N) is 2. The van der Waals surface area contributed by atoms with Crippen LogP contribution in [0, 0.1) is 11.3 Å².